The minimum Gasteiger partial charge on any atom is -0.340 e. The number of fused-ring (bicyclic) bond motifs is 1. The number of hydrogen-bond donors (Lipinski definition) is 0. The van der Waals surface area contributed by atoms with E-state index in [2.05, 4.69) is 20.7 Å². The van der Waals surface area contributed by atoms with Crippen LogP contribution in [0, 0.1) is 6.92 Å². The Balaban J connectivity index is 1.48. The number of nitrogens with zero attached hydrogens (tertiary/aromatic N) is 5. The number of likely N-dealkylation sites (tertiary alicyclic amines) is 1. The standard InChI is InChI=1S/C17H19N5OS/c1-12-11-24-17(18-12)13-5-4-8-21(9-13)16(23)10-22-15-7-3-2-6-14(15)19-20-22/h2-3,6-7,11,13H,4-5,8-10H2,1H3/t13-/m0/s1. The highest BCUT2D eigenvalue weighted by molar-refractivity contribution is 7.09. The van der Waals surface area contributed by atoms with Gasteiger partial charge in [0.1, 0.15) is 12.1 Å². The Hall–Kier alpha value is -2.28. The number of benzene rings is 1. The van der Waals surface area contributed by atoms with Gasteiger partial charge in [-0.1, -0.05) is 17.3 Å². The maximum Gasteiger partial charge on any atom is 0.244 e. The van der Waals surface area contributed by atoms with Gasteiger partial charge in [0, 0.05) is 30.1 Å². The topological polar surface area (TPSA) is 63.9 Å². The van der Waals surface area contributed by atoms with Crippen molar-refractivity contribution in [1.29, 1.82) is 0 Å². The second-order valence-electron chi connectivity index (χ2n) is 6.24. The van der Waals surface area contributed by atoms with Crippen LogP contribution in [0.5, 0.6) is 0 Å². The third kappa shape index (κ3) is 2.91. The van der Waals surface area contributed by atoms with Gasteiger partial charge in [-0.2, -0.15) is 0 Å². The van der Waals surface area contributed by atoms with E-state index in [-0.39, 0.29) is 12.5 Å². The molecule has 7 heteroatoms. The molecule has 3 aromatic rings. The fraction of sp³-hybridized carbons (Fsp3) is 0.412. The van der Waals surface area contributed by atoms with Crippen LogP contribution in [-0.4, -0.2) is 43.9 Å². The second-order valence-corrected chi connectivity index (χ2v) is 7.13. The SMILES string of the molecule is Cc1csc([C@H]2CCCN(C(=O)Cn3nnc4ccccc43)C2)n1. The summed E-state index contributed by atoms with van der Waals surface area (Å²) < 4.78 is 1.69. The molecule has 1 fully saturated rings. The van der Waals surface area contributed by atoms with E-state index in [9.17, 15) is 4.79 Å². The summed E-state index contributed by atoms with van der Waals surface area (Å²) in [6, 6.07) is 7.72. The molecule has 3 heterocycles. The first kappa shape index (κ1) is 15.3. The fourth-order valence-electron chi connectivity index (χ4n) is 3.23. The highest BCUT2D eigenvalue weighted by atomic mass is 32.1. The average Bonchev–Trinajstić information content (AvgIpc) is 3.22. The van der Waals surface area contributed by atoms with E-state index in [4.69, 9.17) is 0 Å². The Labute approximate surface area is 144 Å². The smallest absolute Gasteiger partial charge is 0.244 e. The summed E-state index contributed by atoms with van der Waals surface area (Å²) in [4.78, 5) is 19.3. The maximum atomic E-state index is 12.7. The number of carbonyl (C=O) groups excluding carboxylic acids is 1. The first-order valence-corrected chi connectivity index (χ1v) is 9.07. The molecule has 0 spiro atoms. The van der Waals surface area contributed by atoms with Crippen LogP contribution in [0.25, 0.3) is 11.0 Å². The predicted molar refractivity (Wildman–Crippen MR) is 92.9 cm³/mol. The second kappa shape index (κ2) is 6.32. The number of hydrogen-bond acceptors (Lipinski definition) is 5. The van der Waals surface area contributed by atoms with Crippen molar-refractivity contribution in [1.82, 2.24) is 24.9 Å². The highest BCUT2D eigenvalue weighted by Gasteiger charge is 2.27. The number of aryl methyl sites for hydroxylation is 1. The minimum absolute atomic E-state index is 0.101. The van der Waals surface area contributed by atoms with Gasteiger partial charge < -0.3 is 4.90 Å². The van der Waals surface area contributed by atoms with Gasteiger partial charge in [-0.15, -0.1) is 16.4 Å². The zero-order chi connectivity index (χ0) is 16.5. The van der Waals surface area contributed by atoms with Crippen LogP contribution in [0.1, 0.15) is 29.5 Å². The lowest BCUT2D eigenvalue weighted by atomic mass is 9.98. The van der Waals surface area contributed by atoms with Crippen LogP contribution in [0.15, 0.2) is 29.6 Å². The van der Waals surface area contributed by atoms with Crippen molar-refractivity contribution in [3.8, 4) is 0 Å². The lowest BCUT2D eigenvalue weighted by Crippen LogP contribution is -2.41. The van der Waals surface area contributed by atoms with Gasteiger partial charge in [0.25, 0.3) is 0 Å². The summed E-state index contributed by atoms with van der Waals surface area (Å²) in [5, 5.41) is 11.5. The summed E-state index contributed by atoms with van der Waals surface area (Å²) in [5.41, 5.74) is 2.78. The molecule has 1 aliphatic rings. The Kier molecular flexibility index (Phi) is 4.02. The Morgan fingerprint density at radius 1 is 1.38 bits per heavy atom. The molecule has 1 aromatic carbocycles. The van der Waals surface area contributed by atoms with E-state index >= 15 is 0 Å². The van der Waals surface area contributed by atoms with Gasteiger partial charge in [-0.25, -0.2) is 9.67 Å². The molecule has 0 unspecified atom stereocenters. The van der Waals surface area contributed by atoms with Crippen molar-refractivity contribution in [3.05, 3.63) is 40.3 Å². The van der Waals surface area contributed by atoms with E-state index in [1.165, 1.54) is 0 Å². The molecule has 0 aliphatic carbocycles. The molecular formula is C17H19N5OS. The molecule has 1 saturated heterocycles. The normalized spacial score (nSPS) is 18.2. The van der Waals surface area contributed by atoms with Gasteiger partial charge in [-0.3, -0.25) is 4.79 Å². The maximum absolute atomic E-state index is 12.7. The summed E-state index contributed by atoms with van der Waals surface area (Å²) >= 11 is 1.70. The van der Waals surface area contributed by atoms with E-state index in [0.29, 0.717) is 5.92 Å². The van der Waals surface area contributed by atoms with E-state index < -0.39 is 0 Å². The molecule has 0 bridgehead atoms. The van der Waals surface area contributed by atoms with Gasteiger partial charge in [0.2, 0.25) is 5.91 Å². The molecule has 6 nitrogen and oxygen atoms in total. The van der Waals surface area contributed by atoms with Crippen LogP contribution in [0.2, 0.25) is 0 Å². The van der Waals surface area contributed by atoms with Gasteiger partial charge in [0.15, 0.2) is 0 Å². The van der Waals surface area contributed by atoms with Crippen LogP contribution in [0.3, 0.4) is 0 Å². The lowest BCUT2D eigenvalue weighted by Gasteiger charge is -2.31. The zero-order valence-electron chi connectivity index (χ0n) is 13.6. The monoisotopic (exact) mass is 341 g/mol. The number of piperidine rings is 1. The first-order chi connectivity index (χ1) is 11.7. The van der Waals surface area contributed by atoms with Crippen molar-refractivity contribution < 1.29 is 4.79 Å². The molecule has 0 radical (unpaired) electrons. The number of rotatable bonds is 3. The highest BCUT2D eigenvalue weighted by Crippen LogP contribution is 2.29. The van der Waals surface area contributed by atoms with Crippen LogP contribution >= 0.6 is 11.3 Å². The van der Waals surface area contributed by atoms with Crippen molar-refractivity contribution >= 4 is 28.3 Å². The molecule has 1 atom stereocenters. The molecule has 0 saturated carbocycles. The van der Waals surface area contributed by atoms with E-state index in [1.54, 1.807) is 16.0 Å². The third-order valence-corrected chi connectivity index (χ3v) is 5.59. The fourth-order valence-corrected chi connectivity index (χ4v) is 4.15. The molecular weight excluding hydrogens is 322 g/mol. The number of carbonyl (C=O) groups is 1. The summed E-state index contributed by atoms with van der Waals surface area (Å²) in [5.74, 6) is 0.456. The molecule has 24 heavy (non-hydrogen) atoms. The minimum atomic E-state index is 0.101. The number of amides is 1. The zero-order valence-corrected chi connectivity index (χ0v) is 14.4. The Bertz CT molecular complexity index is 871. The van der Waals surface area contributed by atoms with Gasteiger partial charge in [-0.05, 0) is 31.9 Å². The third-order valence-electron chi connectivity index (χ3n) is 4.47. The molecule has 2 aromatic heterocycles. The molecule has 0 N–H and O–H groups in total. The van der Waals surface area contributed by atoms with Crippen molar-refractivity contribution in [2.75, 3.05) is 13.1 Å². The van der Waals surface area contributed by atoms with Gasteiger partial charge in [0.05, 0.1) is 10.5 Å². The van der Waals surface area contributed by atoms with Crippen LogP contribution in [-0.2, 0) is 11.3 Å². The van der Waals surface area contributed by atoms with Gasteiger partial charge >= 0.3 is 0 Å². The summed E-state index contributed by atoms with van der Waals surface area (Å²) in [6.07, 6.45) is 2.12. The van der Waals surface area contributed by atoms with Crippen LogP contribution < -0.4 is 0 Å². The Morgan fingerprint density at radius 2 is 2.25 bits per heavy atom. The van der Waals surface area contributed by atoms with E-state index in [0.717, 1.165) is 47.7 Å². The van der Waals surface area contributed by atoms with Crippen molar-refractivity contribution in [2.24, 2.45) is 0 Å². The number of thiazole rings is 1. The van der Waals surface area contributed by atoms with Crippen molar-refractivity contribution in [3.63, 3.8) is 0 Å². The molecule has 4 rings (SSSR count). The summed E-state index contributed by atoms with van der Waals surface area (Å²) in [7, 11) is 0. The summed E-state index contributed by atoms with van der Waals surface area (Å²) in [6.45, 7) is 3.82. The predicted octanol–water partition coefficient (Wildman–Crippen LogP) is 2.60. The largest absolute Gasteiger partial charge is 0.340 e. The van der Waals surface area contributed by atoms with Crippen LogP contribution in [0.4, 0.5) is 0 Å². The van der Waals surface area contributed by atoms with Crippen molar-refractivity contribution in [2.45, 2.75) is 32.2 Å². The number of para-hydroxylation sites is 1. The average molecular weight is 341 g/mol. The number of aromatic nitrogens is 4. The first-order valence-electron chi connectivity index (χ1n) is 8.19. The molecule has 124 valence electrons. The van der Waals surface area contributed by atoms with E-state index in [1.807, 2.05) is 36.1 Å². The molecule has 1 amide bonds. The molecule has 1 aliphatic heterocycles. The quantitative estimate of drug-likeness (QED) is 0.734. The Morgan fingerprint density at radius 3 is 3.08 bits per heavy atom. The lowest BCUT2D eigenvalue weighted by molar-refractivity contribution is -0.133.